The number of hydrogen-bond donors (Lipinski definition) is 3. The summed E-state index contributed by atoms with van der Waals surface area (Å²) in [5, 5.41) is 22.0. The standard InChI is InChI=1S/C5H4N6O3/c6-4(12)2-1-3(9-8-2)5(10-7-1)11(13)14/h(H2,6,12)(H,7,10)(H,8,9). The van der Waals surface area contributed by atoms with Crippen molar-refractivity contribution in [2.75, 3.05) is 0 Å². The minimum absolute atomic E-state index is 0.0591. The maximum atomic E-state index is 10.8. The van der Waals surface area contributed by atoms with E-state index in [-0.39, 0.29) is 22.5 Å². The number of aromatic amines is 2. The Morgan fingerprint density at radius 2 is 2.14 bits per heavy atom. The second-order valence-electron chi connectivity index (χ2n) is 2.49. The van der Waals surface area contributed by atoms with Crippen molar-refractivity contribution >= 4 is 22.8 Å². The molecule has 0 fully saturated rings. The van der Waals surface area contributed by atoms with E-state index in [9.17, 15) is 14.9 Å². The van der Waals surface area contributed by atoms with Crippen molar-refractivity contribution in [3.63, 3.8) is 0 Å². The van der Waals surface area contributed by atoms with Crippen molar-refractivity contribution in [3.05, 3.63) is 15.8 Å². The van der Waals surface area contributed by atoms with Crippen molar-refractivity contribution in [2.24, 2.45) is 5.73 Å². The van der Waals surface area contributed by atoms with Crippen LogP contribution in [0.2, 0.25) is 0 Å². The number of fused-ring (bicyclic) bond motifs is 1. The number of amides is 1. The molecule has 0 aliphatic carbocycles. The number of hydrogen-bond acceptors (Lipinski definition) is 5. The topological polar surface area (TPSA) is 144 Å². The molecule has 1 amide bonds. The number of rotatable bonds is 2. The molecule has 72 valence electrons. The fourth-order valence-corrected chi connectivity index (χ4v) is 1.08. The molecule has 0 aliphatic rings. The Morgan fingerprint density at radius 3 is 2.71 bits per heavy atom. The van der Waals surface area contributed by atoms with Gasteiger partial charge in [-0.2, -0.15) is 5.10 Å². The number of nitrogens with zero attached hydrogens (tertiary/aromatic N) is 3. The Morgan fingerprint density at radius 1 is 1.43 bits per heavy atom. The van der Waals surface area contributed by atoms with Gasteiger partial charge in [0.05, 0.1) is 0 Å². The molecule has 0 aromatic carbocycles. The van der Waals surface area contributed by atoms with E-state index in [0.717, 1.165) is 0 Å². The van der Waals surface area contributed by atoms with Crippen LogP contribution in [0.25, 0.3) is 11.0 Å². The maximum absolute atomic E-state index is 10.8. The number of carbonyl (C=O) groups excluding carboxylic acids is 1. The number of nitrogens with two attached hydrogens (primary N) is 1. The van der Waals surface area contributed by atoms with Gasteiger partial charge in [0, 0.05) is 0 Å². The third-order valence-electron chi connectivity index (χ3n) is 1.67. The summed E-state index contributed by atoms with van der Waals surface area (Å²) in [6.07, 6.45) is 0. The van der Waals surface area contributed by atoms with E-state index in [0.29, 0.717) is 0 Å². The van der Waals surface area contributed by atoms with Crippen LogP contribution >= 0.6 is 0 Å². The molecule has 4 N–H and O–H groups in total. The van der Waals surface area contributed by atoms with Gasteiger partial charge in [-0.3, -0.25) is 9.89 Å². The van der Waals surface area contributed by atoms with E-state index in [1.54, 1.807) is 0 Å². The van der Waals surface area contributed by atoms with Gasteiger partial charge < -0.3 is 15.8 Å². The Labute approximate surface area is 75.4 Å². The average molecular weight is 196 g/mol. The van der Waals surface area contributed by atoms with Crippen LogP contribution in [0.4, 0.5) is 5.82 Å². The van der Waals surface area contributed by atoms with Gasteiger partial charge in [-0.25, -0.2) is 0 Å². The van der Waals surface area contributed by atoms with E-state index in [2.05, 4.69) is 20.4 Å². The quantitative estimate of drug-likeness (QED) is 0.429. The molecule has 0 atom stereocenters. The molecule has 14 heavy (non-hydrogen) atoms. The third kappa shape index (κ3) is 0.920. The van der Waals surface area contributed by atoms with Crippen LogP contribution < -0.4 is 5.73 Å². The highest BCUT2D eigenvalue weighted by Gasteiger charge is 2.22. The molecule has 2 aromatic heterocycles. The summed E-state index contributed by atoms with van der Waals surface area (Å²) in [7, 11) is 0. The molecular weight excluding hydrogens is 192 g/mol. The lowest BCUT2D eigenvalue weighted by Gasteiger charge is -1.85. The number of H-pyrrole nitrogens is 2. The normalized spacial score (nSPS) is 10.6. The molecular formula is C5H4N6O3. The summed E-state index contributed by atoms with van der Waals surface area (Å²) in [6.45, 7) is 0. The van der Waals surface area contributed by atoms with Crippen molar-refractivity contribution < 1.29 is 9.72 Å². The zero-order valence-corrected chi connectivity index (χ0v) is 6.64. The van der Waals surface area contributed by atoms with Crippen LogP contribution in [0.3, 0.4) is 0 Å². The fourth-order valence-electron chi connectivity index (χ4n) is 1.08. The predicted molar refractivity (Wildman–Crippen MR) is 43.4 cm³/mol. The van der Waals surface area contributed by atoms with E-state index in [1.165, 1.54) is 0 Å². The zero-order valence-electron chi connectivity index (χ0n) is 6.64. The Balaban J connectivity index is 2.73. The smallest absolute Gasteiger partial charge is 0.364 e. The summed E-state index contributed by atoms with van der Waals surface area (Å²) in [5.74, 6) is -1.14. The van der Waals surface area contributed by atoms with Crippen LogP contribution in [0.1, 0.15) is 10.5 Å². The maximum Gasteiger partial charge on any atom is 0.368 e. The van der Waals surface area contributed by atoms with E-state index >= 15 is 0 Å². The lowest BCUT2D eigenvalue weighted by atomic mass is 10.3. The van der Waals surface area contributed by atoms with E-state index in [4.69, 9.17) is 5.73 Å². The first-order valence-electron chi connectivity index (χ1n) is 3.48. The van der Waals surface area contributed by atoms with Gasteiger partial charge in [0.15, 0.2) is 16.7 Å². The van der Waals surface area contributed by atoms with Crippen LogP contribution in [0.15, 0.2) is 0 Å². The first-order valence-corrected chi connectivity index (χ1v) is 3.48. The van der Waals surface area contributed by atoms with Crippen LogP contribution in [0.5, 0.6) is 0 Å². The lowest BCUT2D eigenvalue weighted by molar-refractivity contribution is -0.388. The molecule has 0 saturated heterocycles. The fraction of sp³-hybridized carbons (Fsp3) is 0. The number of primary amides is 1. The second-order valence-corrected chi connectivity index (χ2v) is 2.49. The van der Waals surface area contributed by atoms with Crippen LogP contribution in [-0.4, -0.2) is 31.2 Å². The van der Waals surface area contributed by atoms with Gasteiger partial charge in [-0.05, 0) is 4.92 Å². The molecule has 0 spiro atoms. The Hall–Kier alpha value is -2.45. The molecule has 0 radical (unpaired) electrons. The lowest BCUT2D eigenvalue weighted by Crippen LogP contribution is -2.11. The average Bonchev–Trinajstić information content (AvgIpc) is 2.59. The third-order valence-corrected chi connectivity index (χ3v) is 1.67. The molecule has 0 bridgehead atoms. The highest BCUT2D eigenvalue weighted by molar-refractivity contribution is 6.03. The molecule has 0 unspecified atom stereocenters. The van der Waals surface area contributed by atoms with Crippen molar-refractivity contribution in [3.8, 4) is 0 Å². The van der Waals surface area contributed by atoms with Gasteiger partial charge in [-0.1, -0.05) is 5.10 Å². The Bertz CT molecular complexity index is 477. The van der Waals surface area contributed by atoms with Gasteiger partial charge >= 0.3 is 5.82 Å². The largest absolute Gasteiger partial charge is 0.368 e. The summed E-state index contributed by atoms with van der Waals surface area (Å²) in [4.78, 5) is 20.5. The van der Waals surface area contributed by atoms with Gasteiger partial charge in [0.25, 0.3) is 5.91 Å². The van der Waals surface area contributed by atoms with E-state index in [1.807, 2.05) is 0 Å². The molecule has 2 rings (SSSR count). The number of nitrogens with one attached hydrogen (secondary N) is 2. The first kappa shape index (κ1) is 8.16. The van der Waals surface area contributed by atoms with Crippen LogP contribution in [0, 0.1) is 10.1 Å². The summed E-state index contributed by atoms with van der Waals surface area (Å²) in [6, 6.07) is 0. The van der Waals surface area contributed by atoms with Gasteiger partial charge in [0.1, 0.15) is 0 Å². The van der Waals surface area contributed by atoms with Crippen LogP contribution in [-0.2, 0) is 0 Å². The summed E-state index contributed by atoms with van der Waals surface area (Å²) in [5.41, 5.74) is 4.98. The molecule has 9 nitrogen and oxygen atoms in total. The predicted octanol–water partition coefficient (Wildman–Crippen LogP) is -0.707. The molecule has 0 aliphatic heterocycles. The van der Waals surface area contributed by atoms with E-state index < -0.39 is 10.8 Å². The molecule has 2 aromatic rings. The molecule has 0 saturated carbocycles. The number of nitro groups is 1. The zero-order chi connectivity index (χ0) is 10.3. The van der Waals surface area contributed by atoms with Crippen molar-refractivity contribution in [1.82, 2.24) is 20.4 Å². The van der Waals surface area contributed by atoms with Gasteiger partial charge in [0.2, 0.25) is 0 Å². The summed E-state index contributed by atoms with van der Waals surface area (Å²) < 4.78 is 0. The Kier molecular flexibility index (Phi) is 1.47. The second kappa shape index (κ2) is 2.52. The molecule has 9 heteroatoms. The number of carbonyl (C=O) groups is 1. The SMILES string of the molecule is NC(=O)c1n[nH]c2c([N+](=O)[O-])[nH]nc12. The molecule has 2 heterocycles. The minimum atomic E-state index is -0.794. The highest BCUT2D eigenvalue weighted by atomic mass is 16.6. The van der Waals surface area contributed by atoms with Gasteiger partial charge in [-0.15, -0.1) is 5.10 Å². The van der Waals surface area contributed by atoms with Crippen molar-refractivity contribution in [1.29, 1.82) is 0 Å². The first-order chi connectivity index (χ1) is 6.61. The minimum Gasteiger partial charge on any atom is -0.364 e. The van der Waals surface area contributed by atoms with Crippen molar-refractivity contribution in [2.45, 2.75) is 0 Å². The summed E-state index contributed by atoms with van der Waals surface area (Å²) >= 11 is 0. The number of aromatic nitrogens is 4. The monoisotopic (exact) mass is 196 g/mol. The highest BCUT2D eigenvalue weighted by Crippen LogP contribution is 2.21.